The average Bonchev–Trinajstić information content (AvgIpc) is 3.32. The minimum atomic E-state index is -0.613. The lowest BCUT2D eigenvalue weighted by Crippen LogP contribution is -2.25. The zero-order chi connectivity index (χ0) is 15.5. The summed E-state index contributed by atoms with van der Waals surface area (Å²) < 4.78 is 5.25. The van der Waals surface area contributed by atoms with Gasteiger partial charge in [-0.2, -0.15) is 0 Å². The van der Waals surface area contributed by atoms with Gasteiger partial charge in [-0.3, -0.25) is 4.79 Å². The second kappa shape index (κ2) is 6.15. The van der Waals surface area contributed by atoms with Crippen LogP contribution in [0.25, 0.3) is 0 Å². The van der Waals surface area contributed by atoms with Crippen LogP contribution in [0.3, 0.4) is 0 Å². The molecule has 0 spiro atoms. The summed E-state index contributed by atoms with van der Waals surface area (Å²) in [4.78, 5) is 27.9. The number of carbonyl (C=O) groups is 2. The Bertz CT molecular complexity index is 729. The molecule has 1 aromatic carbocycles. The van der Waals surface area contributed by atoms with Crippen LogP contribution in [0.2, 0.25) is 5.15 Å². The Morgan fingerprint density at radius 2 is 2.05 bits per heavy atom. The van der Waals surface area contributed by atoms with E-state index >= 15 is 0 Å². The van der Waals surface area contributed by atoms with Gasteiger partial charge in [0.15, 0.2) is 0 Å². The first-order valence-electron chi connectivity index (χ1n) is 6.87. The Kier molecular flexibility index (Phi) is 4.06. The van der Waals surface area contributed by atoms with E-state index in [0.29, 0.717) is 5.56 Å². The van der Waals surface area contributed by atoms with E-state index < -0.39 is 5.97 Å². The molecule has 1 aromatic heterocycles. The normalized spacial score (nSPS) is 13.5. The number of rotatable bonds is 4. The lowest BCUT2D eigenvalue weighted by atomic mass is 10.2. The number of esters is 1. The summed E-state index contributed by atoms with van der Waals surface area (Å²) in [6.07, 6.45) is 3.52. The standard InChI is InChI=1S/C16H13ClN2O3/c17-14-13(5-2-8-18-14)16(21)22-12-4-1-3-10(9-12)15(20)19-11-6-7-11/h1-5,8-9,11H,6-7H2,(H,19,20). The van der Waals surface area contributed by atoms with Crippen molar-refractivity contribution in [2.75, 3.05) is 0 Å². The molecule has 1 heterocycles. The maximum Gasteiger partial charge on any atom is 0.346 e. The first kappa shape index (κ1) is 14.5. The van der Waals surface area contributed by atoms with Crippen molar-refractivity contribution in [2.45, 2.75) is 18.9 Å². The molecule has 2 aromatic rings. The maximum absolute atomic E-state index is 12.1. The largest absolute Gasteiger partial charge is 0.423 e. The highest BCUT2D eigenvalue weighted by atomic mass is 35.5. The van der Waals surface area contributed by atoms with Gasteiger partial charge in [-0.15, -0.1) is 0 Å². The number of hydrogen-bond acceptors (Lipinski definition) is 4. The Labute approximate surface area is 132 Å². The van der Waals surface area contributed by atoms with Gasteiger partial charge in [0, 0.05) is 17.8 Å². The van der Waals surface area contributed by atoms with Gasteiger partial charge < -0.3 is 10.1 Å². The fraction of sp³-hybridized carbons (Fsp3) is 0.188. The second-order valence-corrected chi connectivity index (χ2v) is 5.36. The van der Waals surface area contributed by atoms with Crippen molar-refractivity contribution in [3.63, 3.8) is 0 Å². The molecule has 6 heteroatoms. The average molecular weight is 317 g/mol. The molecular weight excluding hydrogens is 304 g/mol. The predicted octanol–water partition coefficient (Wildman–Crippen LogP) is 2.85. The van der Waals surface area contributed by atoms with Crippen LogP contribution in [0.5, 0.6) is 5.75 Å². The van der Waals surface area contributed by atoms with Crippen molar-refractivity contribution in [1.82, 2.24) is 10.3 Å². The Morgan fingerprint density at radius 3 is 2.77 bits per heavy atom. The molecule has 0 bridgehead atoms. The topological polar surface area (TPSA) is 68.3 Å². The number of nitrogens with zero attached hydrogens (tertiary/aromatic N) is 1. The zero-order valence-corrected chi connectivity index (χ0v) is 12.3. The smallest absolute Gasteiger partial charge is 0.346 e. The first-order chi connectivity index (χ1) is 10.6. The van der Waals surface area contributed by atoms with Crippen LogP contribution in [-0.2, 0) is 0 Å². The number of aromatic nitrogens is 1. The zero-order valence-electron chi connectivity index (χ0n) is 11.6. The minimum absolute atomic E-state index is 0.0788. The fourth-order valence-electron chi connectivity index (χ4n) is 1.90. The number of halogens is 1. The lowest BCUT2D eigenvalue weighted by Gasteiger charge is -2.07. The van der Waals surface area contributed by atoms with E-state index in [-0.39, 0.29) is 28.4 Å². The number of nitrogens with one attached hydrogen (secondary N) is 1. The van der Waals surface area contributed by atoms with Crippen molar-refractivity contribution in [1.29, 1.82) is 0 Å². The summed E-state index contributed by atoms with van der Waals surface area (Å²) in [5, 5.41) is 2.96. The molecule has 22 heavy (non-hydrogen) atoms. The van der Waals surface area contributed by atoms with E-state index in [0.717, 1.165) is 12.8 Å². The molecule has 3 rings (SSSR count). The number of ether oxygens (including phenoxy) is 1. The van der Waals surface area contributed by atoms with E-state index in [2.05, 4.69) is 10.3 Å². The number of amides is 1. The summed E-state index contributed by atoms with van der Waals surface area (Å²) in [6.45, 7) is 0. The van der Waals surface area contributed by atoms with E-state index in [9.17, 15) is 9.59 Å². The van der Waals surface area contributed by atoms with E-state index in [1.165, 1.54) is 18.3 Å². The third kappa shape index (κ3) is 3.43. The monoisotopic (exact) mass is 316 g/mol. The number of benzene rings is 1. The molecular formula is C16H13ClN2O3. The van der Waals surface area contributed by atoms with Crippen LogP contribution in [0.1, 0.15) is 33.6 Å². The van der Waals surface area contributed by atoms with E-state index in [1.54, 1.807) is 24.3 Å². The first-order valence-corrected chi connectivity index (χ1v) is 7.25. The number of carbonyl (C=O) groups excluding carboxylic acids is 2. The van der Waals surface area contributed by atoms with Crippen molar-refractivity contribution < 1.29 is 14.3 Å². The van der Waals surface area contributed by atoms with Gasteiger partial charge in [0.05, 0.1) is 5.56 Å². The summed E-state index contributed by atoms with van der Waals surface area (Å²) >= 11 is 5.86. The molecule has 0 unspecified atom stereocenters. The molecule has 1 N–H and O–H groups in total. The molecule has 0 atom stereocenters. The minimum Gasteiger partial charge on any atom is -0.423 e. The van der Waals surface area contributed by atoms with Crippen molar-refractivity contribution in [2.24, 2.45) is 0 Å². The van der Waals surface area contributed by atoms with E-state index in [4.69, 9.17) is 16.3 Å². The number of pyridine rings is 1. The third-order valence-corrected chi connectivity index (χ3v) is 3.50. The van der Waals surface area contributed by atoms with Crippen molar-refractivity contribution in [3.8, 4) is 5.75 Å². The van der Waals surface area contributed by atoms with Gasteiger partial charge in [0.2, 0.25) is 0 Å². The SMILES string of the molecule is O=C(NC1CC1)c1cccc(OC(=O)c2cccnc2Cl)c1. The molecule has 1 amide bonds. The van der Waals surface area contributed by atoms with Gasteiger partial charge in [-0.05, 0) is 43.2 Å². The molecule has 5 nitrogen and oxygen atoms in total. The van der Waals surface area contributed by atoms with Gasteiger partial charge >= 0.3 is 5.97 Å². The molecule has 1 fully saturated rings. The van der Waals surface area contributed by atoms with Crippen LogP contribution < -0.4 is 10.1 Å². The van der Waals surface area contributed by atoms with Crippen LogP contribution in [0, 0.1) is 0 Å². The molecule has 0 radical (unpaired) electrons. The second-order valence-electron chi connectivity index (χ2n) is 5.01. The highest BCUT2D eigenvalue weighted by molar-refractivity contribution is 6.32. The quantitative estimate of drug-likeness (QED) is 0.535. The molecule has 112 valence electrons. The molecule has 1 aliphatic rings. The molecule has 0 aliphatic heterocycles. The van der Waals surface area contributed by atoms with Crippen molar-refractivity contribution >= 4 is 23.5 Å². The fourth-order valence-corrected chi connectivity index (χ4v) is 2.09. The lowest BCUT2D eigenvalue weighted by molar-refractivity contribution is 0.0733. The van der Waals surface area contributed by atoms with Gasteiger partial charge in [-0.25, -0.2) is 9.78 Å². The van der Waals surface area contributed by atoms with Crippen molar-refractivity contribution in [3.05, 3.63) is 58.9 Å². The third-order valence-electron chi connectivity index (χ3n) is 3.20. The summed E-state index contributed by atoms with van der Waals surface area (Å²) in [5.74, 6) is -0.494. The maximum atomic E-state index is 12.1. The van der Waals surface area contributed by atoms with E-state index in [1.807, 2.05) is 0 Å². The predicted molar refractivity (Wildman–Crippen MR) is 81.1 cm³/mol. The summed E-state index contributed by atoms with van der Waals surface area (Å²) in [6, 6.07) is 9.87. The highest BCUT2D eigenvalue weighted by Crippen LogP contribution is 2.21. The molecule has 1 saturated carbocycles. The number of hydrogen-bond donors (Lipinski definition) is 1. The Hall–Kier alpha value is -2.40. The van der Waals surface area contributed by atoms with Gasteiger partial charge in [-0.1, -0.05) is 17.7 Å². The summed E-state index contributed by atoms with van der Waals surface area (Å²) in [5.41, 5.74) is 0.631. The molecule has 0 saturated heterocycles. The van der Waals surface area contributed by atoms with Gasteiger partial charge in [0.25, 0.3) is 5.91 Å². The van der Waals surface area contributed by atoms with Crippen LogP contribution in [0.4, 0.5) is 0 Å². The molecule has 1 aliphatic carbocycles. The van der Waals surface area contributed by atoms with Crippen LogP contribution in [-0.4, -0.2) is 22.9 Å². The van der Waals surface area contributed by atoms with Crippen LogP contribution >= 0.6 is 11.6 Å². The van der Waals surface area contributed by atoms with Crippen LogP contribution in [0.15, 0.2) is 42.6 Å². The summed E-state index contributed by atoms with van der Waals surface area (Å²) in [7, 11) is 0. The Morgan fingerprint density at radius 1 is 1.23 bits per heavy atom. The Balaban J connectivity index is 1.73. The highest BCUT2D eigenvalue weighted by Gasteiger charge is 2.24. The van der Waals surface area contributed by atoms with Gasteiger partial charge in [0.1, 0.15) is 10.9 Å².